The number of hydrogen-bond acceptors (Lipinski definition) is 8. The molecule has 5 rings (SSSR count). The lowest BCUT2D eigenvalue weighted by Crippen LogP contribution is -2.43. The van der Waals surface area contributed by atoms with Crippen LogP contribution in [0.5, 0.6) is 0 Å². The summed E-state index contributed by atoms with van der Waals surface area (Å²) in [6.45, 7) is 7.52. The van der Waals surface area contributed by atoms with Gasteiger partial charge < -0.3 is 15.1 Å². The first-order valence-electron chi connectivity index (χ1n) is 9.34. The first-order valence-corrected chi connectivity index (χ1v) is 10.2. The molecule has 140 valence electrons. The van der Waals surface area contributed by atoms with Gasteiger partial charge in [-0.25, -0.2) is 15.0 Å². The molecule has 1 saturated heterocycles. The van der Waals surface area contributed by atoms with Crippen molar-refractivity contribution < 1.29 is 0 Å². The highest BCUT2D eigenvalue weighted by atomic mass is 32.1. The van der Waals surface area contributed by atoms with Crippen LogP contribution < -0.4 is 10.2 Å². The van der Waals surface area contributed by atoms with Gasteiger partial charge in [0.1, 0.15) is 5.82 Å². The van der Waals surface area contributed by atoms with E-state index in [1.165, 1.54) is 24.4 Å². The second kappa shape index (κ2) is 6.90. The van der Waals surface area contributed by atoms with Gasteiger partial charge in [0.2, 0.25) is 5.95 Å². The second-order valence-electron chi connectivity index (χ2n) is 7.00. The molecule has 0 spiro atoms. The zero-order chi connectivity index (χ0) is 18.2. The van der Waals surface area contributed by atoms with Crippen LogP contribution in [0.25, 0.3) is 11.3 Å². The quantitative estimate of drug-likeness (QED) is 0.701. The molecule has 0 unspecified atom stereocenters. The van der Waals surface area contributed by atoms with Gasteiger partial charge in [-0.1, -0.05) is 0 Å². The minimum atomic E-state index is 0.586. The summed E-state index contributed by atoms with van der Waals surface area (Å²) in [7, 11) is 0. The van der Waals surface area contributed by atoms with Crippen LogP contribution in [-0.2, 0) is 6.42 Å². The third-order valence-electron chi connectivity index (χ3n) is 5.15. The summed E-state index contributed by atoms with van der Waals surface area (Å²) in [5.74, 6) is 1.67. The Bertz CT molecular complexity index is 944. The number of nitrogens with zero attached hydrogens (tertiary/aromatic N) is 6. The Kier molecular flexibility index (Phi) is 4.25. The smallest absolute Gasteiger partial charge is 0.229 e. The summed E-state index contributed by atoms with van der Waals surface area (Å²) in [5, 5.41) is 11.6. The summed E-state index contributed by atoms with van der Waals surface area (Å²) in [5.41, 5.74) is 3.03. The van der Waals surface area contributed by atoms with Crippen molar-refractivity contribution in [3.05, 3.63) is 29.0 Å². The number of hydrogen-bond donors (Lipinski definition) is 2. The zero-order valence-electron chi connectivity index (χ0n) is 15.3. The number of anilines is 3. The SMILES string of the molecule is Cc1ccnc(Nc2nc3c(s2)CCN(CCN2CCC2)c2[nH]ncc2-3)n1. The van der Waals surface area contributed by atoms with Crippen LogP contribution in [0.4, 0.5) is 16.9 Å². The van der Waals surface area contributed by atoms with Gasteiger partial charge in [0.25, 0.3) is 0 Å². The molecule has 0 aromatic carbocycles. The van der Waals surface area contributed by atoms with E-state index in [1.807, 2.05) is 19.2 Å². The average Bonchev–Trinajstić information content (AvgIpc) is 3.20. The third kappa shape index (κ3) is 3.28. The molecule has 0 saturated carbocycles. The summed E-state index contributed by atoms with van der Waals surface area (Å²) < 4.78 is 0. The molecule has 5 heterocycles. The lowest BCUT2D eigenvalue weighted by molar-refractivity contribution is 0.186. The monoisotopic (exact) mass is 382 g/mol. The second-order valence-corrected chi connectivity index (χ2v) is 8.09. The fourth-order valence-electron chi connectivity index (χ4n) is 3.52. The van der Waals surface area contributed by atoms with E-state index in [-0.39, 0.29) is 0 Å². The maximum absolute atomic E-state index is 4.84. The summed E-state index contributed by atoms with van der Waals surface area (Å²) in [4.78, 5) is 19.7. The number of rotatable bonds is 5. The van der Waals surface area contributed by atoms with E-state index >= 15 is 0 Å². The van der Waals surface area contributed by atoms with Crippen molar-refractivity contribution in [3.8, 4) is 11.3 Å². The summed E-state index contributed by atoms with van der Waals surface area (Å²) in [6.07, 6.45) is 5.96. The largest absolute Gasteiger partial charge is 0.355 e. The molecule has 0 bridgehead atoms. The lowest BCUT2D eigenvalue weighted by atomic mass is 10.2. The van der Waals surface area contributed by atoms with Crippen molar-refractivity contribution in [2.24, 2.45) is 0 Å². The van der Waals surface area contributed by atoms with Crippen LogP contribution in [0.1, 0.15) is 17.0 Å². The van der Waals surface area contributed by atoms with Gasteiger partial charge in [0, 0.05) is 42.8 Å². The fourth-order valence-corrected chi connectivity index (χ4v) is 4.48. The molecule has 8 nitrogen and oxygen atoms in total. The van der Waals surface area contributed by atoms with Crippen LogP contribution in [0, 0.1) is 6.92 Å². The van der Waals surface area contributed by atoms with E-state index < -0.39 is 0 Å². The molecule has 0 amide bonds. The molecule has 0 atom stereocenters. The van der Waals surface area contributed by atoms with Gasteiger partial charge in [-0.05, 0) is 32.5 Å². The Hall–Kier alpha value is -2.52. The normalized spacial score (nSPS) is 16.4. The number of H-pyrrole nitrogens is 1. The highest BCUT2D eigenvalue weighted by molar-refractivity contribution is 7.16. The first-order chi connectivity index (χ1) is 13.3. The summed E-state index contributed by atoms with van der Waals surface area (Å²) in [6, 6.07) is 1.88. The number of thiazole rings is 1. The Morgan fingerprint density at radius 3 is 2.96 bits per heavy atom. The molecule has 9 heteroatoms. The third-order valence-corrected chi connectivity index (χ3v) is 6.18. The van der Waals surface area contributed by atoms with E-state index in [1.54, 1.807) is 17.5 Å². The minimum Gasteiger partial charge on any atom is -0.355 e. The van der Waals surface area contributed by atoms with E-state index in [4.69, 9.17) is 4.98 Å². The standard InChI is InChI=1S/C18H22N8S/c1-12-3-5-19-17(21-12)23-18-22-15-13-11-20-24-16(13)26(8-4-14(15)27-18)10-9-25-6-2-7-25/h3,5,11H,2,4,6-10H2,1H3,(H,20,24)(H,19,21,22,23). The highest BCUT2D eigenvalue weighted by Gasteiger charge is 2.26. The highest BCUT2D eigenvalue weighted by Crippen LogP contribution is 2.39. The van der Waals surface area contributed by atoms with Crippen molar-refractivity contribution in [2.75, 3.05) is 42.9 Å². The lowest BCUT2D eigenvalue weighted by Gasteiger charge is -2.33. The van der Waals surface area contributed by atoms with E-state index in [2.05, 4.69) is 35.3 Å². The molecule has 2 aliphatic rings. The molecule has 27 heavy (non-hydrogen) atoms. The van der Waals surface area contributed by atoms with Crippen LogP contribution in [0.2, 0.25) is 0 Å². The molecule has 3 aromatic rings. The predicted molar refractivity (Wildman–Crippen MR) is 107 cm³/mol. The van der Waals surface area contributed by atoms with Crippen LogP contribution >= 0.6 is 11.3 Å². The van der Waals surface area contributed by atoms with Crippen LogP contribution in [0.3, 0.4) is 0 Å². The average molecular weight is 382 g/mol. The number of aromatic nitrogens is 5. The number of aryl methyl sites for hydroxylation is 1. The first kappa shape index (κ1) is 16.6. The Morgan fingerprint density at radius 1 is 1.22 bits per heavy atom. The Morgan fingerprint density at radius 2 is 2.15 bits per heavy atom. The van der Waals surface area contributed by atoms with Gasteiger partial charge in [-0.15, -0.1) is 11.3 Å². The topological polar surface area (TPSA) is 85.9 Å². The number of fused-ring (bicyclic) bond motifs is 3. The minimum absolute atomic E-state index is 0.586. The fraction of sp³-hybridized carbons (Fsp3) is 0.444. The maximum Gasteiger partial charge on any atom is 0.229 e. The molecular formula is C18H22N8S. The van der Waals surface area contributed by atoms with Crippen molar-refractivity contribution >= 4 is 28.2 Å². The van der Waals surface area contributed by atoms with Gasteiger partial charge in [0.15, 0.2) is 5.13 Å². The molecule has 2 aliphatic heterocycles. The molecule has 0 radical (unpaired) electrons. The number of nitrogens with one attached hydrogen (secondary N) is 2. The molecular weight excluding hydrogens is 360 g/mol. The van der Waals surface area contributed by atoms with E-state index in [9.17, 15) is 0 Å². The molecule has 2 N–H and O–H groups in total. The van der Waals surface area contributed by atoms with Crippen molar-refractivity contribution in [1.82, 2.24) is 30.0 Å². The van der Waals surface area contributed by atoms with Crippen molar-refractivity contribution in [2.45, 2.75) is 19.8 Å². The number of likely N-dealkylation sites (tertiary alicyclic amines) is 1. The van der Waals surface area contributed by atoms with E-state index in [0.29, 0.717) is 5.95 Å². The Balaban J connectivity index is 1.39. The molecule has 3 aromatic heterocycles. The van der Waals surface area contributed by atoms with Crippen molar-refractivity contribution in [3.63, 3.8) is 0 Å². The van der Waals surface area contributed by atoms with Crippen LogP contribution in [-0.4, -0.2) is 62.8 Å². The Labute approximate surface area is 161 Å². The van der Waals surface area contributed by atoms with Gasteiger partial charge in [-0.2, -0.15) is 5.10 Å². The zero-order valence-corrected chi connectivity index (χ0v) is 16.1. The van der Waals surface area contributed by atoms with E-state index in [0.717, 1.165) is 54.0 Å². The molecule has 0 aliphatic carbocycles. The summed E-state index contributed by atoms with van der Waals surface area (Å²) >= 11 is 1.68. The van der Waals surface area contributed by atoms with Crippen molar-refractivity contribution in [1.29, 1.82) is 0 Å². The van der Waals surface area contributed by atoms with Gasteiger partial charge in [-0.3, -0.25) is 5.10 Å². The van der Waals surface area contributed by atoms with Crippen LogP contribution in [0.15, 0.2) is 18.5 Å². The number of aromatic amines is 1. The van der Waals surface area contributed by atoms with Gasteiger partial charge >= 0.3 is 0 Å². The predicted octanol–water partition coefficient (Wildman–Crippen LogP) is 2.44. The maximum atomic E-state index is 4.84. The van der Waals surface area contributed by atoms with Gasteiger partial charge in [0.05, 0.1) is 17.5 Å². The molecule has 1 fully saturated rings.